The van der Waals surface area contributed by atoms with Crippen LogP contribution < -0.4 is 0 Å². The fourth-order valence-corrected chi connectivity index (χ4v) is 11.0. The third-order valence-corrected chi connectivity index (χ3v) is 16.3. The molecule has 0 rings (SSSR count). The summed E-state index contributed by atoms with van der Waals surface area (Å²) >= 11 is 0. The fraction of sp³-hybridized carbons (Fsp3) is 0.853. The third-order valence-electron chi connectivity index (χ3n) is 16.3. The van der Waals surface area contributed by atoms with Crippen LogP contribution in [0.2, 0.25) is 0 Å². The molecule has 1 atom stereocenters. The molecule has 0 bridgehead atoms. The Labute approximate surface area is 505 Å². The topological polar surface area (TPSA) is 78.9 Å². The Morgan fingerprint density at radius 1 is 0.259 bits per heavy atom. The van der Waals surface area contributed by atoms with Crippen molar-refractivity contribution in [1.29, 1.82) is 0 Å². The highest BCUT2D eigenvalue weighted by Gasteiger charge is 2.19. The fourth-order valence-electron chi connectivity index (χ4n) is 11.0. The van der Waals surface area contributed by atoms with Crippen molar-refractivity contribution in [2.75, 3.05) is 13.2 Å². The van der Waals surface area contributed by atoms with Crippen LogP contribution >= 0.6 is 0 Å². The minimum Gasteiger partial charge on any atom is -0.462 e. The number of esters is 3. The van der Waals surface area contributed by atoms with Crippen molar-refractivity contribution in [2.45, 2.75) is 399 Å². The number of hydrogen-bond donors (Lipinski definition) is 0. The van der Waals surface area contributed by atoms with Crippen molar-refractivity contribution in [2.24, 2.45) is 0 Å². The number of carbonyl (C=O) groups excluding carboxylic acids is 3. The maximum atomic E-state index is 12.9. The van der Waals surface area contributed by atoms with Crippen LogP contribution in [0, 0.1) is 0 Å². The Kier molecular flexibility index (Phi) is 67.6. The summed E-state index contributed by atoms with van der Waals surface area (Å²) in [7, 11) is 0. The minimum absolute atomic E-state index is 0.0701. The van der Waals surface area contributed by atoms with E-state index in [2.05, 4.69) is 69.4 Å². The van der Waals surface area contributed by atoms with E-state index in [1.54, 1.807) is 0 Å². The average Bonchev–Trinajstić information content (AvgIpc) is 3.46. The Balaban J connectivity index is 3.97. The van der Waals surface area contributed by atoms with Crippen LogP contribution in [-0.2, 0) is 28.6 Å². The maximum absolute atomic E-state index is 12.9. The van der Waals surface area contributed by atoms with Gasteiger partial charge in [-0.1, -0.05) is 365 Å². The van der Waals surface area contributed by atoms with Crippen LogP contribution in [0.4, 0.5) is 0 Å². The molecular formula is C75H138O6. The van der Waals surface area contributed by atoms with Crippen molar-refractivity contribution >= 4 is 17.9 Å². The van der Waals surface area contributed by atoms with Gasteiger partial charge in [0.1, 0.15) is 13.2 Å². The summed E-state index contributed by atoms with van der Waals surface area (Å²) in [5, 5.41) is 0. The molecule has 0 aliphatic rings. The van der Waals surface area contributed by atoms with Gasteiger partial charge in [0.15, 0.2) is 6.10 Å². The molecule has 0 saturated heterocycles. The van der Waals surface area contributed by atoms with E-state index in [1.807, 2.05) is 0 Å². The summed E-state index contributed by atoms with van der Waals surface area (Å²) in [6, 6.07) is 0. The zero-order valence-corrected chi connectivity index (χ0v) is 54.6. The molecule has 0 amide bonds. The van der Waals surface area contributed by atoms with Gasteiger partial charge < -0.3 is 14.2 Å². The highest BCUT2D eigenvalue weighted by atomic mass is 16.6. The van der Waals surface area contributed by atoms with Crippen LogP contribution in [0.25, 0.3) is 0 Å². The molecule has 0 heterocycles. The SMILES string of the molecule is CC/C=C\C/C=C\C/C=C\C/C=C\CCCCCCCCCCCCC(=O)OC(COC(=O)CCCCCCCCC)COC(=O)CCCCCCCCCCCCCCCCCCCCCCCCCCCCCCCCCCC. The molecule has 6 heteroatoms. The molecule has 0 aromatic rings. The van der Waals surface area contributed by atoms with Crippen LogP contribution in [0.15, 0.2) is 48.6 Å². The van der Waals surface area contributed by atoms with Gasteiger partial charge in [-0.25, -0.2) is 0 Å². The normalized spacial score (nSPS) is 12.3. The number of carbonyl (C=O) groups is 3. The van der Waals surface area contributed by atoms with Crippen LogP contribution in [-0.4, -0.2) is 37.2 Å². The molecule has 0 aromatic carbocycles. The monoisotopic (exact) mass is 1140 g/mol. The van der Waals surface area contributed by atoms with E-state index in [-0.39, 0.29) is 31.1 Å². The Hall–Kier alpha value is -2.63. The first-order valence-electron chi connectivity index (χ1n) is 36.1. The maximum Gasteiger partial charge on any atom is 0.306 e. The van der Waals surface area contributed by atoms with E-state index in [9.17, 15) is 14.4 Å². The average molecular weight is 1140 g/mol. The number of ether oxygens (including phenoxy) is 3. The summed E-state index contributed by atoms with van der Waals surface area (Å²) in [6.45, 7) is 6.55. The Morgan fingerprint density at radius 3 is 0.753 bits per heavy atom. The predicted molar refractivity (Wildman–Crippen MR) is 353 cm³/mol. The van der Waals surface area contributed by atoms with Gasteiger partial charge in [0.2, 0.25) is 0 Å². The van der Waals surface area contributed by atoms with Gasteiger partial charge in [0, 0.05) is 19.3 Å². The smallest absolute Gasteiger partial charge is 0.306 e. The lowest BCUT2D eigenvalue weighted by Crippen LogP contribution is -2.30. The summed E-state index contributed by atoms with van der Waals surface area (Å²) in [5.74, 6) is -0.858. The largest absolute Gasteiger partial charge is 0.462 e. The summed E-state index contributed by atoms with van der Waals surface area (Å²) in [5.41, 5.74) is 0. The van der Waals surface area contributed by atoms with Gasteiger partial charge in [-0.2, -0.15) is 0 Å². The third kappa shape index (κ3) is 68.0. The molecule has 0 fully saturated rings. The number of unbranched alkanes of at least 4 members (excludes halogenated alkanes) is 48. The lowest BCUT2D eigenvalue weighted by molar-refractivity contribution is -0.167. The quantitative estimate of drug-likeness (QED) is 0.0261. The zero-order valence-electron chi connectivity index (χ0n) is 54.6. The van der Waals surface area contributed by atoms with Gasteiger partial charge in [-0.05, 0) is 57.8 Å². The molecule has 1 unspecified atom stereocenters. The van der Waals surface area contributed by atoms with Crippen molar-refractivity contribution in [3.05, 3.63) is 48.6 Å². The molecule has 0 spiro atoms. The molecule has 6 nitrogen and oxygen atoms in total. The number of hydrogen-bond acceptors (Lipinski definition) is 6. The van der Waals surface area contributed by atoms with E-state index >= 15 is 0 Å². The molecule has 0 aromatic heterocycles. The predicted octanol–water partition coefficient (Wildman–Crippen LogP) is 24.9. The highest BCUT2D eigenvalue weighted by molar-refractivity contribution is 5.71. The van der Waals surface area contributed by atoms with Gasteiger partial charge in [-0.3, -0.25) is 14.4 Å². The second kappa shape index (κ2) is 69.9. The van der Waals surface area contributed by atoms with Crippen molar-refractivity contribution < 1.29 is 28.6 Å². The van der Waals surface area contributed by atoms with Crippen molar-refractivity contribution in [3.8, 4) is 0 Å². The molecular weight excluding hydrogens is 997 g/mol. The summed E-state index contributed by atoms with van der Waals surface area (Å²) < 4.78 is 16.9. The lowest BCUT2D eigenvalue weighted by Gasteiger charge is -2.18. The second-order valence-electron chi connectivity index (χ2n) is 24.5. The molecule has 81 heavy (non-hydrogen) atoms. The molecule has 474 valence electrons. The van der Waals surface area contributed by atoms with E-state index in [0.717, 1.165) is 83.5 Å². The minimum atomic E-state index is -0.772. The first-order chi connectivity index (χ1) is 40.0. The van der Waals surface area contributed by atoms with Crippen molar-refractivity contribution in [1.82, 2.24) is 0 Å². The van der Waals surface area contributed by atoms with E-state index in [1.165, 1.54) is 270 Å². The molecule has 0 saturated carbocycles. The first-order valence-corrected chi connectivity index (χ1v) is 36.1. The summed E-state index contributed by atoms with van der Waals surface area (Å²) in [6.07, 6.45) is 89.1. The van der Waals surface area contributed by atoms with Gasteiger partial charge in [0.05, 0.1) is 0 Å². The van der Waals surface area contributed by atoms with Crippen molar-refractivity contribution in [3.63, 3.8) is 0 Å². The Morgan fingerprint density at radius 2 is 0.481 bits per heavy atom. The van der Waals surface area contributed by atoms with Crippen LogP contribution in [0.5, 0.6) is 0 Å². The van der Waals surface area contributed by atoms with E-state index in [4.69, 9.17) is 14.2 Å². The molecule has 0 N–H and O–H groups in total. The second-order valence-corrected chi connectivity index (χ2v) is 24.5. The van der Waals surface area contributed by atoms with Crippen LogP contribution in [0.3, 0.4) is 0 Å². The highest BCUT2D eigenvalue weighted by Crippen LogP contribution is 2.19. The number of rotatable bonds is 67. The van der Waals surface area contributed by atoms with E-state index in [0.29, 0.717) is 19.3 Å². The van der Waals surface area contributed by atoms with E-state index < -0.39 is 6.10 Å². The van der Waals surface area contributed by atoms with Gasteiger partial charge in [-0.15, -0.1) is 0 Å². The molecule has 0 radical (unpaired) electrons. The van der Waals surface area contributed by atoms with Gasteiger partial charge in [0.25, 0.3) is 0 Å². The number of allylic oxidation sites excluding steroid dienone is 8. The lowest BCUT2D eigenvalue weighted by atomic mass is 10.0. The van der Waals surface area contributed by atoms with Gasteiger partial charge >= 0.3 is 17.9 Å². The standard InChI is InChI=1S/C75H138O6/c1-4-7-10-13-16-18-20-22-24-26-28-30-32-33-34-35-36-37-38-39-40-41-43-44-46-48-50-52-54-56-59-62-65-68-74(77)80-71-72(70-79-73(76)67-64-61-58-15-12-9-6-3)81-75(78)69-66-63-60-57-55-53-51-49-47-45-42-31-29-27-25-23-21-19-17-14-11-8-5-2/h8,11,17,19,23,25,29,31,72H,4-7,9-10,12-16,18,20-22,24,26-28,30,32-71H2,1-3H3/b11-8-,19-17-,25-23-,31-29-. The zero-order chi connectivity index (χ0) is 58.5. The first kappa shape index (κ1) is 78.4. The van der Waals surface area contributed by atoms with Crippen LogP contribution in [0.1, 0.15) is 393 Å². The molecule has 0 aliphatic carbocycles. The summed E-state index contributed by atoms with van der Waals surface area (Å²) in [4.78, 5) is 38.2. The Bertz CT molecular complexity index is 1400. The molecule has 0 aliphatic heterocycles.